The lowest BCUT2D eigenvalue weighted by atomic mass is 10.1. The molecule has 2 aromatic carbocycles. The third-order valence-corrected chi connectivity index (χ3v) is 4.22. The molecule has 0 aliphatic rings. The predicted molar refractivity (Wildman–Crippen MR) is 95.7 cm³/mol. The molecule has 8 heteroatoms. The van der Waals surface area contributed by atoms with Gasteiger partial charge >= 0.3 is 5.97 Å². The highest BCUT2D eigenvalue weighted by atomic mass is 35.5. The number of aliphatic hydroxyl groups is 1. The molecule has 3 rings (SSSR count). The van der Waals surface area contributed by atoms with Gasteiger partial charge in [0, 0.05) is 39.3 Å². The second-order valence-corrected chi connectivity index (χ2v) is 6.17. The van der Waals surface area contributed by atoms with Gasteiger partial charge in [-0.1, -0.05) is 17.7 Å². The average Bonchev–Trinajstić information content (AvgIpc) is 2.95. The summed E-state index contributed by atoms with van der Waals surface area (Å²) in [4.78, 5) is 22.0. The SMILES string of the molecule is O=C(O)C(=O)/C=C(\O)c1cn(Cc2c(F)cccc2F)c2ccc(Cl)cc12. The van der Waals surface area contributed by atoms with Crippen molar-refractivity contribution < 1.29 is 28.6 Å². The Balaban J connectivity index is 2.15. The molecule has 0 amide bonds. The largest absolute Gasteiger partial charge is 0.507 e. The summed E-state index contributed by atoms with van der Waals surface area (Å²) in [6.45, 7) is -0.184. The summed E-state index contributed by atoms with van der Waals surface area (Å²) in [5.74, 6) is -5.09. The molecule has 138 valence electrons. The summed E-state index contributed by atoms with van der Waals surface area (Å²) in [6, 6.07) is 8.15. The van der Waals surface area contributed by atoms with E-state index in [4.69, 9.17) is 16.7 Å². The molecule has 1 aromatic heterocycles. The van der Waals surface area contributed by atoms with Crippen LogP contribution < -0.4 is 0 Å². The van der Waals surface area contributed by atoms with Crippen LogP contribution in [0.1, 0.15) is 11.1 Å². The Kier molecular flexibility index (Phi) is 4.96. The van der Waals surface area contributed by atoms with Crippen molar-refractivity contribution in [3.8, 4) is 0 Å². The molecular formula is C19H12ClF2NO4. The van der Waals surface area contributed by atoms with Crippen LogP contribution >= 0.6 is 11.6 Å². The molecule has 27 heavy (non-hydrogen) atoms. The zero-order valence-corrected chi connectivity index (χ0v) is 14.4. The van der Waals surface area contributed by atoms with Crippen LogP contribution in [0, 0.1) is 11.6 Å². The molecular weight excluding hydrogens is 380 g/mol. The van der Waals surface area contributed by atoms with Gasteiger partial charge in [0.05, 0.1) is 6.54 Å². The van der Waals surface area contributed by atoms with Crippen LogP contribution in [0.4, 0.5) is 8.78 Å². The van der Waals surface area contributed by atoms with Gasteiger partial charge in [-0.3, -0.25) is 4.79 Å². The van der Waals surface area contributed by atoms with Crippen LogP contribution in [0.5, 0.6) is 0 Å². The minimum atomic E-state index is -1.73. The van der Waals surface area contributed by atoms with E-state index < -0.39 is 29.1 Å². The van der Waals surface area contributed by atoms with Gasteiger partial charge in [-0.05, 0) is 30.3 Å². The number of aliphatic hydroxyl groups excluding tert-OH is 1. The van der Waals surface area contributed by atoms with Crippen molar-refractivity contribution in [1.82, 2.24) is 4.57 Å². The molecule has 0 unspecified atom stereocenters. The number of aliphatic carboxylic acids is 1. The minimum Gasteiger partial charge on any atom is -0.507 e. The van der Waals surface area contributed by atoms with Gasteiger partial charge in [0.15, 0.2) is 0 Å². The normalized spacial score (nSPS) is 11.7. The summed E-state index contributed by atoms with van der Waals surface area (Å²) < 4.78 is 29.4. The van der Waals surface area contributed by atoms with Crippen molar-refractivity contribution in [2.45, 2.75) is 6.54 Å². The van der Waals surface area contributed by atoms with Gasteiger partial charge in [0.1, 0.15) is 17.4 Å². The minimum absolute atomic E-state index is 0.110. The van der Waals surface area contributed by atoms with Crippen molar-refractivity contribution >= 4 is 40.0 Å². The summed E-state index contributed by atoms with van der Waals surface area (Å²) in [6.07, 6.45) is 1.93. The lowest BCUT2D eigenvalue weighted by Gasteiger charge is -2.08. The first-order valence-corrected chi connectivity index (χ1v) is 8.05. The fourth-order valence-corrected chi connectivity index (χ4v) is 2.89. The molecule has 0 atom stereocenters. The maximum Gasteiger partial charge on any atom is 0.376 e. The number of benzene rings is 2. The lowest BCUT2D eigenvalue weighted by Crippen LogP contribution is -2.09. The van der Waals surface area contributed by atoms with Gasteiger partial charge in [-0.25, -0.2) is 13.6 Å². The molecule has 0 bridgehead atoms. The Hall–Kier alpha value is -3.19. The maximum atomic E-state index is 14.0. The standard InChI is InChI=1S/C19H12ClF2NO4/c20-10-4-5-16-11(6-10)12(17(24)7-18(25)19(26)27)8-23(16)9-13-14(21)2-1-3-15(13)22/h1-8,24H,9H2,(H,26,27)/b17-7-. The van der Waals surface area contributed by atoms with E-state index in [1.54, 1.807) is 12.1 Å². The Morgan fingerprint density at radius 1 is 1.11 bits per heavy atom. The topological polar surface area (TPSA) is 79.5 Å². The van der Waals surface area contributed by atoms with E-state index in [9.17, 15) is 23.5 Å². The molecule has 1 heterocycles. The van der Waals surface area contributed by atoms with Crippen molar-refractivity contribution in [2.24, 2.45) is 0 Å². The number of hydrogen-bond donors (Lipinski definition) is 2. The number of ketones is 1. The molecule has 2 N–H and O–H groups in total. The number of nitrogens with zero attached hydrogens (tertiary/aromatic N) is 1. The highest BCUT2D eigenvalue weighted by Gasteiger charge is 2.17. The van der Waals surface area contributed by atoms with Crippen LogP contribution in [0.2, 0.25) is 5.02 Å². The molecule has 0 radical (unpaired) electrons. The number of aromatic nitrogens is 1. The van der Waals surface area contributed by atoms with E-state index in [0.717, 1.165) is 12.1 Å². The summed E-state index contributed by atoms with van der Waals surface area (Å²) >= 11 is 5.98. The van der Waals surface area contributed by atoms with Gasteiger partial charge in [0.2, 0.25) is 0 Å². The molecule has 0 spiro atoms. The summed E-state index contributed by atoms with van der Waals surface area (Å²) in [7, 11) is 0. The second-order valence-electron chi connectivity index (χ2n) is 5.73. The molecule has 0 saturated carbocycles. The van der Waals surface area contributed by atoms with Crippen LogP contribution in [0.25, 0.3) is 16.7 Å². The number of carboxylic acids is 1. The van der Waals surface area contributed by atoms with Gasteiger partial charge in [-0.15, -0.1) is 0 Å². The summed E-state index contributed by atoms with van der Waals surface area (Å²) in [5.41, 5.74) is 0.416. The Bertz CT molecular complexity index is 1080. The maximum absolute atomic E-state index is 14.0. The third-order valence-electron chi connectivity index (χ3n) is 3.99. The quantitative estimate of drug-likeness (QED) is 0.388. The number of carboxylic acid groups (broad SMARTS) is 1. The molecule has 0 saturated heterocycles. The Labute approximate surface area is 156 Å². The van der Waals surface area contributed by atoms with E-state index in [1.807, 2.05) is 0 Å². The Morgan fingerprint density at radius 2 is 1.78 bits per heavy atom. The fraction of sp³-hybridized carbons (Fsp3) is 0.0526. The first-order valence-electron chi connectivity index (χ1n) is 7.67. The first-order chi connectivity index (χ1) is 12.8. The number of carbonyl (C=O) groups is 2. The zero-order chi connectivity index (χ0) is 19.7. The molecule has 5 nitrogen and oxygen atoms in total. The fourth-order valence-electron chi connectivity index (χ4n) is 2.72. The number of halogens is 3. The highest BCUT2D eigenvalue weighted by molar-refractivity contribution is 6.38. The van der Waals surface area contributed by atoms with Crippen molar-refractivity contribution in [2.75, 3.05) is 0 Å². The molecule has 0 aliphatic carbocycles. The Morgan fingerprint density at radius 3 is 2.41 bits per heavy atom. The number of carbonyl (C=O) groups excluding carboxylic acids is 1. The molecule has 3 aromatic rings. The monoisotopic (exact) mass is 391 g/mol. The zero-order valence-electron chi connectivity index (χ0n) is 13.6. The first kappa shape index (κ1) is 18.6. The number of rotatable bonds is 5. The van der Waals surface area contributed by atoms with E-state index in [1.165, 1.54) is 22.9 Å². The highest BCUT2D eigenvalue weighted by Crippen LogP contribution is 2.30. The van der Waals surface area contributed by atoms with Crippen molar-refractivity contribution in [3.05, 3.63) is 76.5 Å². The van der Waals surface area contributed by atoms with E-state index in [2.05, 4.69) is 0 Å². The molecule has 0 aliphatic heterocycles. The van der Waals surface area contributed by atoms with Gasteiger partial charge in [-0.2, -0.15) is 0 Å². The van der Waals surface area contributed by atoms with Crippen molar-refractivity contribution in [1.29, 1.82) is 0 Å². The number of fused-ring (bicyclic) bond motifs is 1. The lowest BCUT2D eigenvalue weighted by molar-refractivity contribution is -0.146. The average molecular weight is 392 g/mol. The van der Waals surface area contributed by atoms with Crippen molar-refractivity contribution in [3.63, 3.8) is 0 Å². The van der Waals surface area contributed by atoms with Gasteiger partial charge < -0.3 is 14.8 Å². The second kappa shape index (κ2) is 7.20. The number of hydrogen-bond acceptors (Lipinski definition) is 3. The van der Waals surface area contributed by atoms with E-state index in [0.29, 0.717) is 22.0 Å². The van der Waals surface area contributed by atoms with Crippen LogP contribution in [0.15, 0.2) is 48.7 Å². The summed E-state index contributed by atoms with van der Waals surface area (Å²) in [5, 5.41) is 19.6. The van der Waals surface area contributed by atoms with Crippen LogP contribution in [-0.4, -0.2) is 26.5 Å². The van der Waals surface area contributed by atoms with E-state index >= 15 is 0 Å². The third kappa shape index (κ3) is 3.68. The smallest absolute Gasteiger partial charge is 0.376 e. The predicted octanol–water partition coefficient (Wildman–Crippen LogP) is 4.17. The van der Waals surface area contributed by atoms with E-state index in [-0.39, 0.29) is 17.7 Å². The van der Waals surface area contributed by atoms with Crippen LogP contribution in [-0.2, 0) is 16.1 Å². The van der Waals surface area contributed by atoms with Crippen LogP contribution in [0.3, 0.4) is 0 Å². The van der Waals surface area contributed by atoms with Gasteiger partial charge in [0.25, 0.3) is 5.78 Å². The molecule has 0 fully saturated rings.